The summed E-state index contributed by atoms with van der Waals surface area (Å²) in [7, 11) is 0. The van der Waals surface area contributed by atoms with Crippen LogP contribution in [0, 0.1) is 5.92 Å². The van der Waals surface area contributed by atoms with E-state index in [1.165, 1.54) is 12.8 Å². The van der Waals surface area contributed by atoms with Gasteiger partial charge in [0.1, 0.15) is 6.61 Å². The number of nitrogens with zero attached hydrogens (tertiary/aromatic N) is 1. The fourth-order valence-electron chi connectivity index (χ4n) is 1.77. The Morgan fingerprint density at radius 2 is 2.15 bits per heavy atom. The van der Waals surface area contributed by atoms with Crippen molar-refractivity contribution in [1.29, 1.82) is 0 Å². The molecule has 4 nitrogen and oxygen atoms in total. The van der Waals surface area contributed by atoms with Crippen LogP contribution in [0.15, 0.2) is 0 Å². The van der Waals surface area contributed by atoms with Crippen molar-refractivity contribution in [2.75, 3.05) is 26.3 Å². The molecule has 2 rings (SSSR count). The number of hydrogen-bond donors (Lipinski definition) is 1. The maximum absolute atomic E-state index is 10.1. The second kappa shape index (κ2) is 3.64. The number of rotatable bonds is 5. The largest absolute Gasteiger partial charge is 0.480 e. The van der Waals surface area contributed by atoms with Crippen LogP contribution in [-0.2, 0) is 9.53 Å². The second-order valence-corrected chi connectivity index (χ2v) is 3.96. The molecule has 2 fully saturated rings. The van der Waals surface area contributed by atoms with Crippen LogP contribution in [0.3, 0.4) is 0 Å². The first-order valence-corrected chi connectivity index (χ1v) is 4.79. The summed E-state index contributed by atoms with van der Waals surface area (Å²) in [5.74, 6) is -0.307. The smallest absolute Gasteiger partial charge is 0.329 e. The topological polar surface area (TPSA) is 49.8 Å². The number of ether oxygens (including phenoxy) is 1. The maximum Gasteiger partial charge on any atom is 0.329 e. The van der Waals surface area contributed by atoms with Gasteiger partial charge < -0.3 is 9.84 Å². The number of hydrogen-bond acceptors (Lipinski definition) is 3. The van der Waals surface area contributed by atoms with Gasteiger partial charge in [-0.2, -0.15) is 0 Å². The minimum atomic E-state index is -0.877. The molecule has 0 aromatic heterocycles. The zero-order chi connectivity index (χ0) is 9.26. The Hall–Kier alpha value is -0.610. The lowest BCUT2D eigenvalue weighted by Gasteiger charge is -2.39. The van der Waals surface area contributed by atoms with E-state index in [1.54, 1.807) is 0 Å². The highest BCUT2D eigenvalue weighted by molar-refractivity contribution is 5.67. The van der Waals surface area contributed by atoms with E-state index in [4.69, 9.17) is 9.84 Å². The van der Waals surface area contributed by atoms with Gasteiger partial charge in [-0.15, -0.1) is 0 Å². The third-order valence-corrected chi connectivity index (χ3v) is 2.63. The van der Waals surface area contributed by atoms with Gasteiger partial charge in [0.05, 0.1) is 6.61 Å². The van der Waals surface area contributed by atoms with Gasteiger partial charge >= 0.3 is 5.97 Å². The standard InChI is InChI=1S/C9H15NO3/c11-9(12)6-13-5-7-3-10(4-7)8-1-2-8/h7-8H,1-6H2,(H,11,12). The molecule has 0 aromatic carbocycles. The van der Waals surface area contributed by atoms with E-state index in [2.05, 4.69) is 4.90 Å². The Labute approximate surface area is 77.5 Å². The Bertz CT molecular complexity index is 197. The maximum atomic E-state index is 10.1. The average Bonchev–Trinajstić information content (AvgIpc) is 2.75. The van der Waals surface area contributed by atoms with Gasteiger partial charge in [0.15, 0.2) is 0 Å². The highest BCUT2D eigenvalue weighted by Gasteiger charge is 2.37. The van der Waals surface area contributed by atoms with E-state index >= 15 is 0 Å². The van der Waals surface area contributed by atoms with E-state index in [1.807, 2.05) is 0 Å². The van der Waals surface area contributed by atoms with Crippen molar-refractivity contribution in [2.24, 2.45) is 5.92 Å². The molecule has 1 aliphatic heterocycles. The number of carbonyl (C=O) groups is 1. The molecule has 4 heteroatoms. The number of aliphatic carboxylic acids is 1. The van der Waals surface area contributed by atoms with E-state index in [-0.39, 0.29) is 6.61 Å². The molecule has 0 aromatic rings. The van der Waals surface area contributed by atoms with Crippen molar-refractivity contribution in [1.82, 2.24) is 4.90 Å². The van der Waals surface area contributed by atoms with Crippen LogP contribution in [0.2, 0.25) is 0 Å². The fourth-order valence-corrected chi connectivity index (χ4v) is 1.77. The summed E-state index contributed by atoms with van der Waals surface area (Å²) < 4.78 is 5.02. The molecule has 1 aliphatic carbocycles. The monoisotopic (exact) mass is 185 g/mol. The van der Waals surface area contributed by atoms with Crippen LogP contribution < -0.4 is 0 Å². The molecule has 2 aliphatic rings. The van der Waals surface area contributed by atoms with Gasteiger partial charge in [-0.1, -0.05) is 0 Å². The molecule has 74 valence electrons. The predicted molar refractivity (Wildman–Crippen MR) is 46.5 cm³/mol. The minimum Gasteiger partial charge on any atom is -0.480 e. The molecular weight excluding hydrogens is 170 g/mol. The third kappa shape index (κ3) is 2.42. The van der Waals surface area contributed by atoms with Crippen LogP contribution in [0.4, 0.5) is 0 Å². The molecular formula is C9H15NO3. The Balaban J connectivity index is 1.51. The molecule has 13 heavy (non-hydrogen) atoms. The van der Waals surface area contributed by atoms with Crippen LogP contribution in [0.5, 0.6) is 0 Å². The van der Waals surface area contributed by atoms with Gasteiger partial charge in [0.2, 0.25) is 0 Å². The molecule has 0 unspecified atom stereocenters. The Kier molecular flexibility index (Phi) is 2.51. The van der Waals surface area contributed by atoms with Gasteiger partial charge in [-0.25, -0.2) is 4.79 Å². The number of carboxylic acid groups (broad SMARTS) is 1. The summed E-state index contributed by atoms with van der Waals surface area (Å²) in [6.07, 6.45) is 2.70. The Morgan fingerprint density at radius 1 is 1.46 bits per heavy atom. The molecule has 1 heterocycles. The molecule has 1 saturated heterocycles. The lowest BCUT2D eigenvalue weighted by molar-refractivity contribution is -0.143. The van der Waals surface area contributed by atoms with Gasteiger partial charge in [0.25, 0.3) is 0 Å². The minimum absolute atomic E-state index is 0.153. The highest BCUT2D eigenvalue weighted by atomic mass is 16.5. The predicted octanol–water partition coefficient (Wildman–Crippen LogP) is 0.182. The van der Waals surface area contributed by atoms with E-state index in [9.17, 15) is 4.79 Å². The van der Waals surface area contributed by atoms with Crippen molar-refractivity contribution < 1.29 is 14.6 Å². The first kappa shape index (κ1) is 8.97. The van der Waals surface area contributed by atoms with Crippen LogP contribution in [0.1, 0.15) is 12.8 Å². The summed E-state index contributed by atoms with van der Waals surface area (Å²) in [5.41, 5.74) is 0. The second-order valence-electron chi connectivity index (χ2n) is 3.96. The summed E-state index contributed by atoms with van der Waals surface area (Å²) in [6, 6.07) is 0.843. The molecule has 0 radical (unpaired) electrons. The number of carboxylic acids is 1. The summed E-state index contributed by atoms with van der Waals surface area (Å²) >= 11 is 0. The first-order chi connectivity index (χ1) is 6.25. The molecule has 0 bridgehead atoms. The summed E-state index contributed by atoms with van der Waals surface area (Å²) in [5, 5.41) is 8.33. The van der Waals surface area contributed by atoms with Gasteiger partial charge in [0, 0.05) is 25.0 Å². The van der Waals surface area contributed by atoms with E-state index in [0.29, 0.717) is 12.5 Å². The van der Waals surface area contributed by atoms with Crippen molar-refractivity contribution in [3.8, 4) is 0 Å². The molecule has 0 spiro atoms. The first-order valence-electron chi connectivity index (χ1n) is 4.79. The Morgan fingerprint density at radius 3 is 2.69 bits per heavy atom. The van der Waals surface area contributed by atoms with Gasteiger partial charge in [-0.05, 0) is 12.8 Å². The molecule has 1 saturated carbocycles. The van der Waals surface area contributed by atoms with Crippen molar-refractivity contribution >= 4 is 5.97 Å². The SMILES string of the molecule is O=C(O)COCC1CN(C2CC2)C1. The van der Waals surface area contributed by atoms with Crippen LogP contribution >= 0.6 is 0 Å². The number of likely N-dealkylation sites (tertiary alicyclic amines) is 1. The lowest BCUT2D eigenvalue weighted by atomic mass is 10.0. The summed E-state index contributed by atoms with van der Waals surface area (Å²) in [6.45, 7) is 2.66. The molecule has 0 atom stereocenters. The molecule has 1 N–H and O–H groups in total. The van der Waals surface area contributed by atoms with Gasteiger partial charge in [-0.3, -0.25) is 4.90 Å². The van der Waals surface area contributed by atoms with Crippen LogP contribution in [0.25, 0.3) is 0 Å². The highest BCUT2D eigenvalue weighted by Crippen LogP contribution is 2.32. The molecule has 0 amide bonds. The van der Waals surface area contributed by atoms with Crippen molar-refractivity contribution in [3.05, 3.63) is 0 Å². The zero-order valence-electron chi connectivity index (χ0n) is 7.61. The lowest BCUT2D eigenvalue weighted by Crippen LogP contribution is -2.49. The van der Waals surface area contributed by atoms with Crippen molar-refractivity contribution in [2.45, 2.75) is 18.9 Å². The van der Waals surface area contributed by atoms with Crippen molar-refractivity contribution in [3.63, 3.8) is 0 Å². The normalized spacial score (nSPS) is 24.3. The summed E-state index contributed by atoms with van der Waals surface area (Å²) in [4.78, 5) is 12.6. The van der Waals surface area contributed by atoms with E-state index < -0.39 is 5.97 Å². The fraction of sp³-hybridized carbons (Fsp3) is 0.889. The third-order valence-electron chi connectivity index (χ3n) is 2.63. The quantitative estimate of drug-likeness (QED) is 0.664. The van der Waals surface area contributed by atoms with E-state index in [0.717, 1.165) is 19.1 Å². The van der Waals surface area contributed by atoms with Crippen LogP contribution in [-0.4, -0.2) is 48.3 Å². The average molecular weight is 185 g/mol. The zero-order valence-corrected chi connectivity index (χ0v) is 7.61.